The second-order valence-corrected chi connectivity index (χ2v) is 5.68. The highest BCUT2D eigenvalue weighted by Gasteiger charge is 1.84. The van der Waals surface area contributed by atoms with Crippen molar-refractivity contribution >= 4 is 11.6 Å². The highest BCUT2D eigenvalue weighted by molar-refractivity contribution is 6.17. The number of unbranched alkanes of at least 4 members (excludes halogenated alkanes) is 5. The SMILES string of the molecule is CCCCCCC=CCC=CCCOCC=C=CCCCCl. The van der Waals surface area contributed by atoms with Crippen LogP contribution in [-0.4, -0.2) is 19.1 Å². The first-order valence-electron chi connectivity index (χ1n) is 8.75. The van der Waals surface area contributed by atoms with Crippen LogP contribution < -0.4 is 0 Å². The van der Waals surface area contributed by atoms with Gasteiger partial charge < -0.3 is 4.74 Å². The maximum absolute atomic E-state index is 5.58. The second-order valence-electron chi connectivity index (χ2n) is 5.30. The molecule has 1 nitrogen and oxygen atoms in total. The Bertz CT molecular complexity index is 325. The summed E-state index contributed by atoms with van der Waals surface area (Å²) in [5.74, 6) is 0.717. The van der Waals surface area contributed by atoms with Gasteiger partial charge in [-0.05, 0) is 50.7 Å². The topological polar surface area (TPSA) is 9.23 Å². The van der Waals surface area contributed by atoms with Crippen molar-refractivity contribution in [1.29, 1.82) is 0 Å². The molecule has 0 fully saturated rings. The summed E-state index contributed by atoms with van der Waals surface area (Å²) in [5, 5.41) is 0. The molecule has 0 bridgehead atoms. The minimum Gasteiger partial charge on any atom is -0.376 e. The molecule has 0 aliphatic rings. The number of alkyl halides is 1. The van der Waals surface area contributed by atoms with Crippen molar-refractivity contribution in [3.05, 3.63) is 42.2 Å². The minimum atomic E-state index is 0.642. The van der Waals surface area contributed by atoms with Crippen LogP contribution in [0.15, 0.2) is 42.2 Å². The number of halogens is 1. The van der Waals surface area contributed by atoms with E-state index in [0.29, 0.717) is 6.61 Å². The van der Waals surface area contributed by atoms with Crippen LogP contribution in [0.1, 0.15) is 64.7 Å². The molecule has 0 unspecified atom stereocenters. The molecule has 0 aromatic rings. The van der Waals surface area contributed by atoms with Gasteiger partial charge in [0.2, 0.25) is 0 Å². The summed E-state index contributed by atoms with van der Waals surface area (Å²) >= 11 is 5.58. The maximum atomic E-state index is 5.58. The molecule has 0 aromatic heterocycles. The Hall–Kier alpha value is -0.750. The van der Waals surface area contributed by atoms with E-state index < -0.39 is 0 Å². The molecule has 0 saturated heterocycles. The largest absolute Gasteiger partial charge is 0.376 e. The van der Waals surface area contributed by atoms with Gasteiger partial charge >= 0.3 is 0 Å². The predicted molar refractivity (Wildman–Crippen MR) is 99.7 cm³/mol. The molecule has 22 heavy (non-hydrogen) atoms. The van der Waals surface area contributed by atoms with E-state index >= 15 is 0 Å². The third kappa shape index (κ3) is 19.2. The Kier molecular flexibility index (Phi) is 19.6. The van der Waals surface area contributed by atoms with Crippen molar-refractivity contribution in [2.45, 2.75) is 64.7 Å². The first-order valence-corrected chi connectivity index (χ1v) is 9.28. The Labute approximate surface area is 142 Å². The number of hydrogen-bond acceptors (Lipinski definition) is 1. The fraction of sp³-hybridized carbons (Fsp3) is 0.650. The lowest BCUT2D eigenvalue weighted by Crippen LogP contribution is -1.91. The van der Waals surface area contributed by atoms with Gasteiger partial charge in [-0.25, -0.2) is 0 Å². The van der Waals surface area contributed by atoms with Crippen LogP contribution in [-0.2, 0) is 4.74 Å². The van der Waals surface area contributed by atoms with E-state index in [-0.39, 0.29) is 0 Å². The van der Waals surface area contributed by atoms with Gasteiger partial charge in [0.05, 0.1) is 13.2 Å². The molecular weight excluding hydrogens is 292 g/mol. The molecule has 0 aromatic carbocycles. The van der Waals surface area contributed by atoms with Gasteiger partial charge in [-0.15, -0.1) is 17.3 Å². The summed E-state index contributed by atoms with van der Waals surface area (Å²) in [6.45, 7) is 3.67. The van der Waals surface area contributed by atoms with E-state index in [1.165, 1.54) is 32.1 Å². The maximum Gasteiger partial charge on any atom is 0.0721 e. The molecule has 126 valence electrons. The number of rotatable bonds is 15. The first kappa shape index (κ1) is 21.2. The van der Waals surface area contributed by atoms with E-state index in [0.717, 1.165) is 38.2 Å². The summed E-state index contributed by atoms with van der Waals surface area (Å²) in [6.07, 6.45) is 23.5. The van der Waals surface area contributed by atoms with Gasteiger partial charge in [-0.3, -0.25) is 0 Å². The normalized spacial score (nSPS) is 11.2. The van der Waals surface area contributed by atoms with Crippen molar-refractivity contribution < 1.29 is 4.74 Å². The molecule has 0 N–H and O–H groups in total. The van der Waals surface area contributed by atoms with E-state index in [9.17, 15) is 0 Å². The minimum absolute atomic E-state index is 0.642. The Morgan fingerprint density at radius 1 is 0.864 bits per heavy atom. The van der Waals surface area contributed by atoms with Gasteiger partial charge in [0.15, 0.2) is 0 Å². The molecule has 0 amide bonds. The molecule has 0 saturated carbocycles. The van der Waals surface area contributed by atoms with Crippen LogP contribution in [0.3, 0.4) is 0 Å². The Balaban J connectivity index is 3.30. The Morgan fingerprint density at radius 3 is 2.45 bits per heavy atom. The predicted octanol–water partition coefficient (Wildman–Crippen LogP) is 6.60. The lowest BCUT2D eigenvalue weighted by atomic mass is 10.1. The number of hydrogen-bond donors (Lipinski definition) is 0. The van der Waals surface area contributed by atoms with Gasteiger partial charge in [-0.2, -0.15) is 0 Å². The van der Waals surface area contributed by atoms with E-state index in [4.69, 9.17) is 16.3 Å². The third-order valence-electron chi connectivity index (χ3n) is 3.18. The zero-order valence-corrected chi connectivity index (χ0v) is 15.0. The summed E-state index contributed by atoms with van der Waals surface area (Å²) in [4.78, 5) is 0. The van der Waals surface area contributed by atoms with Gasteiger partial charge in [0.1, 0.15) is 0 Å². The standard InChI is InChI=1S/C20H33ClO/c1-2-3-4-5-6-7-8-9-10-13-16-19-22-20-17-14-11-12-15-18-21/h7-8,10-11,13,17H,2-6,9,12,15-16,18-20H2,1H3. The average molecular weight is 325 g/mol. The lowest BCUT2D eigenvalue weighted by Gasteiger charge is -1.95. The molecule has 0 aliphatic carbocycles. The van der Waals surface area contributed by atoms with Crippen LogP contribution in [0.4, 0.5) is 0 Å². The van der Waals surface area contributed by atoms with Gasteiger partial charge in [0.25, 0.3) is 0 Å². The van der Waals surface area contributed by atoms with Crippen molar-refractivity contribution in [3.8, 4) is 0 Å². The molecule has 0 radical (unpaired) electrons. The van der Waals surface area contributed by atoms with Crippen LogP contribution in [0.5, 0.6) is 0 Å². The van der Waals surface area contributed by atoms with Crippen molar-refractivity contribution in [2.24, 2.45) is 0 Å². The van der Waals surface area contributed by atoms with Crippen molar-refractivity contribution in [2.75, 3.05) is 19.1 Å². The fourth-order valence-electron chi connectivity index (χ4n) is 1.88. The molecule has 0 aliphatic heterocycles. The van der Waals surface area contributed by atoms with E-state index in [1.807, 2.05) is 12.2 Å². The zero-order valence-electron chi connectivity index (χ0n) is 14.2. The molecule has 2 heteroatoms. The summed E-state index contributed by atoms with van der Waals surface area (Å²) in [6, 6.07) is 0. The average Bonchev–Trinajstić information content (AvgIpc) is 2.54. The Morgan fingerprint density at radius 2 is 1.68 bits per heavy atom. The lowest BCUT2D eigenvalue weighted by molar-refractivity contribution is 0.167. The second kappa shape index (κ2) is 20.2. The summed E-state index contributed by atoms with van der Waals surface area (Å²) in [7, 11) is 0. The number of ether oxygens (including phenoxy) is 1. The highest BCUT2D eigenvalue weighted by atomic mass is 35.5. The zero-order chi connectivity index (χ0) is 16.1. The number of allylic oxidation sites excluding steroid dienone is 3. The smallest absolute Gasteiger partial charge is 0.0721 e. The molecule has 0 spiro atoms. The monoisotopic (exact) mass is 324 g/mol. The van der Waals surface area contributed by atoms with Crippen molar-refractivity contribution in [3.63, 3.8) is 0 Å². The van der Waals surface area contributed by atoms with Crippen LogP contribution in [0, 0.1) is 0 Å². The molecule has 0 rings (SSSR count). The quantitative estimate of drug-likeness (QED) is 0.143. The first-order chi connectivity index (χ1) is 10.9. The van der Waals surface area contributed by atoms with Crippen LogP contribution in [0.2, 0.25) is 0 Å². The fourth-order valence-corrected chi connectivity index (χ4v) is 2.04. The molecule has 0 heterocycles. The van der Waals surface area contributed by atoms with Crippen LogP contribution >= 0.6 is 11.6 Å². The van der Waals surface area contributed by atoms with Crippen molar-refractivity contribution in [1.82, 2.24) is 0 Å². The van der Waals surface area contributed by atoms with Gasteiger partial charge in [-0.1, -0.05) is 50.5 Å². The summed E-state index contributed by atoms with van der Waals surface area (Å²) < 4.78 is 5.49. The van der Waals surface area contributed by atoms with E-state index in [2.05, 4.69) is 37.0 Å². The highest BCUT2D eigenvalue weighted by Crippen LogP contribution is 2.03. The van der Waals surface area contributed by atoms with E-state index in [1.54, 1.807) is 0 Å². The molecular formula is C20H33ClO. The third-order valence-corrected chi connectivity index (χ3v) is 3.44. The summed E-state index contributed by atoms with van der Waals surface area (Å²) in [5.41, 5.74) is 3.10. The molecule has 0 atom stereocenters. The van der Waals surface area contributed by atoms with Crippen LogP contribution in [0.25, 0.3) is 0 Å². The van der Waals surface area contributed by atoms with Gasteiger partial charge in [0, 0.05) is 5.88 Å².